The van der Waals surface area contributed by atoms with E-state index < -0.39 is 0 Å². The van der Waals surface area contributed by atoms with E-state index in [4.69, 9.17) is 5.73 Å². The van der Waals surface area contributed by atoms with Crippen molar-refractivity contribution in [1.29, 1.82) is 0 Å². The topological polar surface area (TPSA) is 72.9 Å². The van der Waals surface area contributed by atoms with Crippen molar-refractivity contribution in [3.8, 4) is 0 Å². The number of aryl methyl sites for hydroxylation is 1. The van der Waals surface area contributed by atoms with Gasteiger partial charge in [0.2, 0.25) is 5.91 Å². The van der Waals surface area contributed by atoms with Gasteiger partial charge in [0.05, 0.1) is 17.9 Å². The van der Waals surface area contributed by atoms with Crippen molar-refractivity contribution < 1.29 is 4.79 Å². The molecule has 1 aromatic heterocycles. The summed E-state index contributed by atoms with van der Waals surface area (Å²) in [7, 11) is 1.82. The third-order valence-electron chi connectivity index (χ3n) is 1.86. The Balaban J connectivity index is 2.89. The molecule has 0 aromatic carbocycles. The number of amides is 1. The molecule has 0 aliphatic rings. The normalized spacial score (nSPS) is 10.6. The van der Waals surface area contributed by atoms with E-state index in [0.29, 0.717) is 0 Å². The third-order valence-corrected chi connectivity index (χ3v) is 1.86. The summed E-state index contributed by atoms with van der Waals surface area (Å²) in [4.78, 5) is 11.1. The van der Waals surface area contributed by atoms with Crippen LogP contribution in [-0.2, 0) is 11.8 Å². The monoisotopic (exact) mass is 196 g/mol. The van der Waals surface area contributed by atoms with Crippen LogP contribution in [0.5, 0.6) is 0 Å². The third kappa shape index (κ3) is 2.32. The lowest BCUT2D eigenvalue weighted by atomic mass is 10.1. The highest BCUT2D eigenvalue weighted by atomic mass is 16.1. The van der Waals surface area contributed by atoms with Gasteiger partial charge in [0, 0.05) is 13.2 Å². The van der Waals surface area contributed by atoms with E-state index in [1.807, 2.05) is 20.9 Å². The Kier molecular flexibility index (Phi) is 3.24. The number of hydrogen-bond acceptors (Lipinski definition) is 3. The fraction of sp³-hybridized carbons (Fsp3) is 0.556. The first-order valence-corrected chi connectivity index (χ1v) is 4.58. The van der Waals surface area contributed by atoms with E-state index in [9.17, 15) is 4.79 Å². The smallest absolute Gasteiger partial charge is 0.238 e. The zero-order chi connectivity index (χ0) is 10.7. The van der Waals surface area contributed by atoms with Crippen molar-refractivity contribution in [3.05, 3.63) is 11.9 Å². The first-order chi connectivity index (χ1) is 6.54. The molecule has 0 fully saturated rings. The average Bonchev–Trinajstić information content (AvgIpc) is 2.46. The van der Waals surface area contributed by atoms with Gasteiger partial charge in [-0.25, -0.2) is 0 Å². The van der Waals surface area contributed by atoms with Gasteiger partial charge in [-0.15, -0.1) is 0 Å². The molecule has 78 valence electrons. The van der Waals surface area contributed by atoms with Gasteiger partial charge in [0.1, 0.15) is 0 Å². The maximum absolute atomic E-state index is 11.1. The van der Waals surface area contributed by atoms with E-state index in [-0.39, 0.29) is 18.4 Å². The van der Waals surface area contributed by atoms with Crippen LogP contribution in [0.25, 0.3) is 0 Å². The Hall–Kier alpha value is -1.36. The lowest BCUT2D eigenvalue weighted by Crippen LogP contribution is -2.22. The van der Waals surface area contributed by atoms with Crippen LogP contribution in [0.2, 0.25) is 0 Å². The van der Waals surface area contributed by atoms with Crippen LogP contribution in [0.15, 0.2) is 6.20 Å². The first kappa shape index (κ1) is 10.7. The Morgan fingerprint density at radius 3 is 2.86 bits per heavy atom. The van der Waals surface area contributed by atoms with Crippen molar-refractivity contribution >= 4 is 11.6 Å². The molecule has 1 aromatic rings. The minimum Gasteiger partial charge on any atom is -0.322 e. The summed E-state index contributed by atoms with van der Waals surface area (Å²) < 4.78 is 1.68. The second-order valence-electron chi connectivity index (χ2n) is 3.51. The zero-order valence-corrected chi connectivity index (χ0v) is 8.74. The summed E-state index contributed by atoms with van der Waals surface area (Å²) in [6.07, 6.45) is 1.78. The molecule has 0 aliphatic carbocycles. The van der Waals surface area contributed by atoms with Crippen LogP contribution in [0, 0.1) is 0 Å². The summed E-state index contributed by atoms with van der Waals surface area (Å²) in [5, 5.41) is 6.97. The number of carbonyl (C=O) groups is 1. The highest BCUT2D eigenvalue weighted by molar-refractivity contribution is 5.92. The van der Waals surface area contributed by atoms with Crippen LogP contribution in [0.4, 0.5) is 5.69 Å². The molecule has 1 amide bonds. The highest BCUT2D eigenvalue weighted by Gasteiger charge is 2.12. The molecular formula is C9H16N4O. The number of rotatable bonds is 3. The number of anilines is 1. The van der Waals surface area contributed by atoms with Crippen LogP contribution in [-0.4, -0.2) is 22.2 Å². The SMILES string of the molecule is CC(C)c1nn(C)cc1NC(=O)CN. The molecule has 3 N–H and O–H groups in total. The molecule has 1 heterocycles. The van der Waals surface area contributed by atoms with Crippen LogP contribution < -0.4 is 11.1 Å². The number of nitrogens with zero attached hydrogens (tertiary/aromatic N) is 2. The quantitative estimate of drug-likeness (QED) is 0.736. The van der Waals surface area contributed by atoms with Crippen LogP contribution >= 0.6 is 0 Å². The minimum atomic E-state index is -0.195. The molecule has 0 unspecified atom stereocenters. The zero-order valence-electron chi connectivity index (χ0n) is 8.74. The lowest BCUT2D eigenvalue weighted by Gasteiger charge is -2.05. The Labute approximate surface area is 83.3 Å². The number of nitrogens with two attached hydrogens (primary N) is 1. The Morgan fingerprint density at radius 2 is 2.36 bits per heavy atom. The summed E-state index contributed by atoms with van der Waals surface area (Å²) >= 11 is 0. The number of carbonyl (C=O) groups excluding carboxylic acids is 1. The highest BCUT2D eigenvalue weighted by Crippen LogP contribution is 2.21. The van der Waals surface area contributed by atoms with Crippen molar-refractivity contribution in [2.24, 2.45) is 12.8 Å². The van der Waals surface area contributed by atoms with E-state index >= 15 is 0 Å². The maximum atomic E-state index is 11.1. The first-order valence-electron chi connectivity index (χ1n) is 4.58. The second-order valence-corrected chi connectivity index (χ2v) is 3.51. The van der Waals surface area contributed by atoms with Gasteiger partial charge in [0.25, 0.3) is 0 Å². The van der Waals surface area contributed by atoms with Gasteiger partial charge in [0.15, 0.2) is 0 Å². The summed E-state index contributed by atoms with van der Waals surface area (Å²) in [5.41, 5.74) is 6.85. The predicted octanol–water partition coefficient (Wildman–Crippen LogP) is 0.441. The van der Waals surface area contributed by atoms with Gasteiger partial charge in [-0.2, -0.15) is 5.10 Å². The van der Waals surface area contributed by atoms with E-state index in [0.717, 1.165) is 11.4 Å². The molecule has 1 rings (SSSR count). The van der Waals surface area contributed by atoms with Gasteiger partial charge < -0.3 is 11.1 Å². The molecule has 0 radical (unpaired) electrons. The molecule has 0 saturated carbocycles. The average molecular weight is 196 g/mol. The maximum Gasteiger partial charge on any atom is 0.238 e. The number of aromatic nitrogens is 2. The van der Waals surface area contributed by atoms with Crippen molar-refractivity contribution in [2.45, 2.75) is 19.8 Å². The fourth-order valence-electron chi connectivity index (χ4n) is 1.23. The molecule has 0 bridgehead atoms. The van der Waals surface area contributed by atoms with Gasteiger partial charge in [-0.3, -0.25) is 9.48 Å². The lowest BCUT2D eigenvalue weighted by molar-refractivity contribution is -0.114. The molecule has 5 heteroatoms. The number of hydrogen-bond donors (Lipinski definition) is 2. The van der Waals surface area contributed by atoms with E-state index in [1.165, 1.54) is 0 Å². The summed E-state index contributed by atoms with van der Waals surface area (Å²) in [5.74, 6) is 0.0872. The Bertz CT molecular complexity index is 330. The van der Waals surface area contributed by atoms with E-state index in [1.54, 1.807) is 10.9 Å². The van der Waals surface area contributed by atoms with Gasteiger partial charge in [-0.05, 0) is 5.92 Å². The molecular weight excluding hydrogens is 180 g/mol. The molecule has 0 spiro atoms. The molecule has 14 heavy (non-hydrogen) atoms. The summed E-state index contributed by atoms with van der Waals surface area (Å²) in [6.45, 7) is 4.05. The molecule has 0 atom stereocenters. The Morgan fingerprint density at radius 1 is 1.71 bits per heavy atom. The molecule has 0 aliphatic heterocycles. The van der Waals surface area contributed by atoms with Gasteiger partial charge in [-0.1, -0.05) is 13.8 Å². The van der Waals surface area contributed by atoms with E-state index in [2.05, 4.69) is 10.4 Å². The minimum absolute atomic E-state index is 0.00751. The molecule has 5 nitrogen and oxygen atoms in total. The van der Waals surface area contributed by atoms with Crippen LogP contribution in [0.1, 0.15) is 25.5 Å². The predicted molar refractivity (Wildman–Crippen MR) is 55.0 cm³/mol. The summed E-state index contributed by atoms with van der Waals surface area (Å²) in [6, 6.07) is 0. The largest absolute Gasteiger partial charge is 0.322 e. The standard InChI is InChI=1S/C9H16N4O/c1-6(2)9-7(5-13(3)12-9)11-8(14)4-10/h5-6H,4,10H2,1-3H3,(H,11,14). The van der Waals surface area contributed by atoms with Crippen LogP contribution in [0.3, 0.4) is 0 Å². The van der Waals surface area contributed by atoms with Crippen molar-refractivity contribution in [3.63, 3.8) is 0 Å². The second kappa shape index (κ2) is 4.23. The van der Waals surface area contributed by atoms with Crippen molar-refractivity contribution in [1.82, 2.24) is 9.78 Å². The fourth-order valence-corrected chi connectivity index (χ4v) is 1.23. The molecule has 0 saturated heterocycles. The van der Waals surface area contributed by atoms with Gasteiger partial charge >= 0.3 is 0 Å². The number of nitrogens with one attached hydrogen (secondary N) is 1. The van der Waals surface area contributed by atoms with Crippen molar-refractivity contribution in [2.75, 3.05) is 11.9 Å².